The van der Waals surface area contributed by atoms with Crippen molar-refractivity contribution < 1.29 is 9.21 Å². The third-order valence-corrected chi connectivity index (χ3v) is 1.37. The molecule has 0 aliphatic rings. The summed E-state index contributed by atoms with van der Waals surface area (Å²) in [5.74, 6) is 1.58. The number of aryl methyl sites for hydroxylation is 1. The molecular formula is C7H9NO2S. The van der Waals surface area contributed by atoms with Crippen LogP contribution in [0.2, 0.25) is 0 Å². The molecule has 0 fully saturated rings. The van der Waals surface area contributed by atoms with Crippen LogP contribution < -0.4 is 5.32 Å². The van der Waals surface area contributed by atoms with Gasteiger partial charge in [-0.3, -0.25) is 4.79 Å². The van der Waals surface area contributed by atoms with E-state index in [1.165, 1.54) is 0 Å². The molecule has 0 spiro atoms. The van der Waals surface area contributed by atoms with Crippen LogP contribution in [-0.2, 0) is 6.54 Å². The number of rotatable bonds is 2. The second-order valence-electron chi connectivity index (χ2n) is 2.17. The zero-order valence-electron chi connectivity index (χ0n) is 6.13. The van der Waals surface area contributed by atoms with Gasteiger partial charge in [0, 0.05) is 0 Å². The average molecular weight is 171 g/mol. The summed E-state index contributed by atoms with van der Waals surface area (Å²) in [7, 11) is 0. The molecule has 1 N–H and O–H groups in total. The predicted molar refractivity (Wildman–Crippen MR) is 44.7 cm³/mol. The number of hydrogen-bond acceptors (Lipinski definition) is 2. The molecule has 0 aliphatic heterocycles. The molecule has 1 rings (SSSR count). The van der Waals surface area contributed by atoms with Crippen LogP contribution in [0.25, 0.3) is 0 Å². The van der Waals surface area contributed by atoms with Crippen molar-refractivity contribution in [1.82, 2.24) is 5.32 Å². The Balaban J connectivity index is 2.45. The number of nitrogens with one attached hydrogen (secondary N) is 1. The van der Waals surface area contributed by atoms with E-state index in [0.717, 1.165) is 11.5 Å². The molecular weight excluding hydrogens is 162 g/mol. The fraction of sp³-hybridized carbons (Fsp3) is 0.286. The lowest BCUT2D eigenvalue weighted by atomic mass is 10.4. The van der Waals surface area contributed by atoms with E-state index in [2.05, 4.69) is 17.9 Å². The normalized spacial score (nSPS) is 9.64. The maximum absolute atomic E-state index is 10.3. The molecule has 11 heavy (non-hydrogen) atoms. The maximum atomic E-state index is 10.3. The molecule has 1 aromatic rings. The zero-order valence-corrected chi connectivity index (χ0v) is 7.02. The molecule has 0 saturated heterocycles. The summed E-state index contributed by atoms with van der Waals surface area (Å²) in [4.78, 5) is 10.3. The van der Waals surface area contributed by atoms with Gasteiger partial charge in [-0.2, -0.15) is 0 Å². The number of hydrogen-bond donors (Lipinski definition) is 2. The second kappa shape index (κ2) is 3.48. The third kappa shape index (κ3) is 2.67. The first-order chi connectivity index (χ1) is 5.18. The highest BCUT2D eigenvalue weighted by Gasteiger charge is 1.98. The molecule has 4 heteroatoms. The van der Waals surface area contributed by atoms with Crippen molar-refractivity contribution in [3.8, 4) is 0 Å². The van der Waals surface area contributed by atoms with E-state index in [-0.39, 0.29) is 5.24 Å². The van der Waals surface area contributed by atoms with E-state index in [9.17, 15) is 4.79 Å². The summed E-state index contributed by atoms with van der Waals surface area (Å²) in [5, 5.41) is 2.16. The van der Waals surface area contributed by atoms with Gasteiger partial charge in [-0.15, -0.1) is 0 Å². The Morgan fingerprint density at radius 1 is 1.73 bits per heavy atom. The van der Waals surface area contributed by atoms with Crippen molar-refractivity contribution in [3.63, 3.8) is 0 Å². The molecule has 0 aliphatic carbocycles. The van der Waals surface area contributed by atoms with Gasteiger partial charge in [-0.05, 0) is 19.1 Å². The second-order valence-corrected chi connectivity index (χ2v) is 2.58. The summed E-state index contributed by atoms with van der Waals surface area (Å²) in [6.07, 6.45) is 0. The number of furan rings is 1. The molecule has 1 amide bonds. The number of amides is 1. The first-order valence-electron chi connectivity index (χ1n) is 3.20. The first kappa shape index (κ1) is 8.20. The van der Waals surface area contributed by atoms with E-state index in [1.54, 1.807) is 0 Å². The highest BCUT2D eigenvalue weighted by molar-refractivity contribution is 7.96. The standard InChI is InChI=1S/C7H9NO2S/c1-5-2-3-6(10-5)4-8-7(9)11/h2-3H,4H2,1H3,(H2,8,9,11). The summed E-state index contributed by atoms with van der Waals surface area (Å²) in [5.41, 5.74) is 0. The van der Waals surface area contributed by atoms with Crippen LogP contribution in [0.3, 0.4) is 0 Å². The molecule has 0 aromatic carbocycles. The number of thiol groups is 1. The molecule has 60 valence electrons. The van der Waals surface area contributed by atoms with E-state index in [4.69, 9.17) is 4.42 Å². The Bertz CT molecular complexity index is 257. The van der Waals surface area contributed by atoms with Gasteiger partial charge < -0.3 is 9.73 Å². The van der Waals surface area contributed by atoms with Crippen molar-refractivity contribution in [1.29, 1.82) is 0 Å². The molecule has 0 radical (unpaired) electrons. The fourth-order valence-corrected chi connectivity index (χ4v) is 0.822. The van der Waals surface area contributed by atoms with Crippen molar-refractivity contribution >= 4 is 17.9 Å². The van der Waals surface area contributed by atoms with Crippen molar-refractivity contribution in [3.05, 3.63) is 23.7 Å². The van der Waals surface area contributed by atoms with E-state index in [0.29, 0.717) is 6.54 Å². The summed E-state index contributed by atoms with van der Waals surface area (Å²) >= 11 is 3.54. The topological polar surface area (TPSA) is 42.2 Å². The van der Waals surface area contributed by atoms with Crippen LogP contribution in [0.1, 0.15) is 11.5 Å². The van der Waals surface area contributed by atoms with E-state index in [1.807, 2.05) is 19.1 Å². The van der Waals surface area contributed by atoms with Gasteiger partial charge in [-0.25, -0.2) is 0 Å². The quantitative estimate of drug-likeness (QED) is 0.665. The maximum Gasteiger partial charge on any atom is 0.276 e. The third-order valence-electron chi connectivity index (χ3n) is 1.21. The monoisotopic (exact) mass is 171 g/mol. The first-order valence-corrected chi connectivity index (χ1v) is 3.65. The van der Waals surface area contributed by atoms with Gasteiger partial charge in [0.05, 0.1) is 6.54 Å². The Hall–Kier alpha value is -0.900. The number of carbonyl (C=O) groups is 1. The lowest BCUT2D eigenvalue weighted by Crippen LogP contribution is -2.14. The molecule has 1 aromatic heterocycles. The van der Waals surface area contributed by atoms with Crippen molar-refractivity contribution in [2.45, 2.75) is 13.5 Å². The Morgan fingerprint density at radius 2 is 2.45 bits per heavy atom. The van der Waals surface area contributed by atoms with Crippen LogP contribution in [0, 0.1) is 6.92 Å². The zero-order chi connectivity index (χ0) is 8.27. The smallest absolute Gasteiger partial charge is 0.276 e. The average Bonchev–Trinajstić information content (AvgIpc) is 2.31. The van der Waals surface area contributed by atoms with Crippen LogP contribution in [0.15, 0.2) is 16.5 Å². The number of carbonyl (C=O) groups excluding carboxylic acids is 1. The lowest BCUT2D eigenvalue weighted by molar-refractivity contribution is 0.259. The predicted octanol–water partition coefficient (Wildman–Crippen LogP) is 1.73. The molecule has 0 atom stereocenters. The van der Waals surface area contributed by atoms with Crippen LogP contribution in [0.4, 0.5) is 4.79 Å². The van der Waals surface area contributed by atoms with Crippen LogP contribution >= 0.6 is 12.6 Å². The van der Waals surface area contributed by atoms with Gasteiger partial charge in [0.2, 0.25) is 0 Å². The van der Waals surface area contributed by atoms with Gasteiger partial charge in [0.15, 0.2) is 0 Å². The van der Waals surface area contributed by atoms with Crippen LogP contribution in [-0.4, -0.2) is 5.24 Å². The molecule has 0 unspecified atom stereocenters. The molecule has 0 bridgehead atoms. The van der Waals surface area contributed by atoms with Crippen molar-refractivity contribution in [2.24, 2.45) is 0 Å². The molecule has 1 heterocycles. The van der Waals surface area contributed by atoms with Gasteiger partial charge >= 0.3 is 0 Å². The summed E-state index contributed by atoms with van der Waals surface area (Å²) in [6, 6.07) is 3.67. The van der Waals surface area contributed by atoms with Gasteiger partial charge in [0.25, 0.3) is 5.24 Å². The SMILES string of the molecule is Cc1ccc(CNC(=O)S)o1. The summed E-state index contributed by atoms with van der Waals surface area (Å²) in [6.45, 7) is 2.25. The Morgan fingerprint density at radius 3 is 2.91 bits per heavy atom. The van der Waals surface area contributed by atoms with E-state index < -0.39 is 0 Å². The minimum Gasteiger partial charge on any atom is -0.465 e. The van der Waals surface area contributed by atoms with Gasteiger partial charge in [0.1, 0.15) is 11.5 Å². The fourth-order valence-electron chi connectivity index (χ4n) is 0.743. The highest BCUT2D eigenvalue weighted by Crippen LogP contribution is 2.05. The Labute approximate surface area is 70.2 Å². The van der Waals surface area contributed by atoms with Crippen molar-refractivity contribution in [2.75, 3.05) is 0 Å². The Kier molecular flexibility index (Phi) is 2.59. The van der Waals surface area contributed by atoms with E-state index >= 15 is 0 Å². The largest absolute Gasteiger partial charge is 0.465 e. The molecule has 0 saturated carbocycles. The minimum absolute atomic E-state index is 0.348. The van der Waals surface area contributed by atoms with Gasteiger partial charge in [-0.1, -0.05) is 12.6 Å². The highest BCUT2D eigenvalue weighted by atomic mass is 32.1. The van der Waals surface area contributed by atoms with Crippen LogP contribution in [0.5, 0.6) is 0 Å². The summed E-state index contributed by atoms with van der Waals surface area (Å²) < 4.78 is 5.19. The minimum atomic E-state index is -0.348. The lowest BCUT2D eigenvalue weighted by Gasteiger charge is -1.95. The molecule has 3 nitrogen and oxygen atoms in total.